The fourth-order valence-corrected chi connectivity index (χ4v) is 2.73. The fourth-order valence-electron chi connectivity index (χ4n) is 2.73. The molecule has 1 saturated heterocycles. The minimum atomic E-state index is -0.211. The predicted octanol–water partition coefficient (Wildman–Crippen LogP) is 1.02. The highest BCUT2D eigenvalue weighted by molar-refractivity contribution is 5.96. The summed E-state index contributed by atoms with van der Waals surface area (Å²) >= 11 is 0. The Morgan fingerprint density at radius 1 is 1.33 bits per heavy atom. The number of benzene rings is 1. The summed E-state index contributed by atoms with van der Waals surface area (Å²) in [5.41, 5.74) is 0.573. The summed E-state index contributed by atoms with van der Waals surface area (Å²) in [5.74, 6) is -0.236. The lowest BCUT2D eigenvalue weighted by Crippen LogP contribution is -2.49. The Balaban J connectivity index is 1.91. The topological polar surface area (TPSA) is 61.4 Å². The number of amides is 2. The molecule has 0 bridgehead atoms. The zero-order chi connectivity index (χ0) is 15.2. The van der Waals surface area contributed by atoms with Gasteiger partial charge < -0.3 is 15.5 Å². The van der Waals surface area contributed by atoms with Crippen molar-refractivity contribution in [1.29, 1.82) is 0 Å². The molecule has 1 aromatic rings. The molecule has 114 valence electrons. The van der Waals surface area contributed by atoms with Gasteiger partial charge in [0.05, 0.1) is 6.54 Å². The molecule has 1 atom stereocenters. The van der Waals surface area contributed by atoms with Gasteiger partial charge in [0.2, 0.25) is 5.91 Å². The van der Waals surface area contributed by atoms with Crippen LogP contribution in [0.2, 0.25) is 0 Å². The van der Waals surface area contributed by atoms with Gasteiger partial charge in [0, 0.05) is 24.2 Å². The summed E-state index contributed by atoms with van der Waals surface area (Å²) in [5, 5.41) is 5.98. The van der Waals surface area contributed by atoms with Crippen LogP contribution in [0, 0.1) is 0 Å². The molecule has 5 heteroatoms. The van der Waals surface area contributed by atoms with E-state index in [1.807, 2.05) is 24.8 Å². The molecule has 1 aliphatic rings. The van der Waals surface area contributed by atoms with Crippen LogP contribution in [-0.4, -0.2) is 48.4 Å². The molecule has 21 heavy (non-hydrogen) atoms. The molecule has 0 aliphatic carbocycles. The van der Waals surface area contributed by atoms with Crippen molar-refractivity contribution in [2.45, 2.75) is 32.4 Å². The summed E-state index contributed by atoms with van der Waals surface area (Å²) in [6, 6.07) is 9.31. The standard InChI is InChI=1S/C16H23N3O2/c1-12(2)19(14-8-9-17-10-14)15(20)11-18-16(21)13-6-4-3-5-7-13/h3-7,12,14,17H,8-11H2,1-2H3,(H,18,21). The van der Waals surface area contributed by atoms with Gasteiger partial charge in [-0.1, -0.05) is 18.2 Å². The summed E-state index contributed by atoms with van der Waals surface area (Å²) < 4.78 is 0. The molecule has 0 radical (unpaired) electrons. The Bertz CT molecular complexity index is 482. The quantitative estimate of drug-likeness (QED) is 0.850. The Morgan fingerprint density at radius 3 is 2.62 bits per heavy atom. The van der Waals surface area contributed by atoms with Crippen LogP contribution in [0.3, 0.4) is 0 Å². The Labute approximate surface area is 125 Å². The van der Waals surface area contributed by atoms with Crippen molar-refractivity contribution >= 4 is 11.8 Å². The van der Waals surface area contributed by atoms with Crippen LogP contribution in [0.4, 0.5) is 0 Å². The summed E-state index contributed by atoms with van der Waals surface area (Å²) in [7, 11) is 0. The second-order valence-electron chi connectivity index (χ2n) is 5.59. The van der Waals surface area contributed by atoms with Crippen molar-refractivity contribution in [1.82, 2.24) is 15.5 Å². The number of nitrogens with zero attached hydrogens (tertiary/aromatic N) is 1. The molecule has 1 fully saturated rings. The van der Waals surface area contributed by atoms with E-state index in [0.717, 1.165) is 19.5 Å². The van der Waals surface area contributed by atoms with Crippen LogP contribution in [0.5, 0.6) is 0 Å². The van der Waals surface area contributed by atoms with E-state index < -0.39 is 0 Å². The second-order valence-corrected chi connectivity index (χ2v) is 5.59. The average molecular weight is 289 g/mol. The third-order valence-corrected chi connectivity index (χ3v) is 3.71. The third kappa shape index (κ3) is 4.04. The SMILES string of the molecule is CC(C)N(C(=O)CNC(=O)c1ccccc1)C1CCNC1. The number of rotatable bonds is 5. The molecule has 5 nitrogen and oxygen atoms in total. The van der Waals surface area contributed by atoms with Crippen molar-refractivity contribution in [3.05, 3.63) is 35.9 Å². The van der Waals surface area contributed by atoms with E-state index in [1.165, 1.54) is 0 Å². The molecule has 1 unspecified atom stereocenters. The van der Waals surface area contributed by atoms with E-state index in [0.29, 0.717) is 5.56 Å². The van der Waals surface area contributed by atoms with Crippen LogP contribution < -0.4 is 10.6 Å². The monoisotopic (exact) mass is 289 g/mol. The molecule has 0 spiro atoms. The number of carbonyl (C=O) groups is 2. The van der Waals surface area contributed by atoms with Crippen LogP contribution >= 0.6 is 0 Å². The zero-order valence-electron chi connectivity index (χ0n) is 12.6. The maximum Gasteiger partial charge on any atom is 0.251 e. The average Bonchev–Trinajstić information content (AvgIpc) is 2.99. The smallest absolute Gasteiger partial charge is 0.251 e. The summed E-state index contributed by atoms with van der Waals surface area (Å²) in [6.45, 7) is 5.83. The third-order valence-electron chi connectivity index (χ3n) is 3.71. The molecule has 0 aromatic heterocycles. The van der Waals surface area contributed by atoms with Crippen LogP contribution in [0.25, 0.3) is 0 Å². The molecular weight excluding hydrogens is 266 g/mol. The highest BCUT2D eigenvalue weighted by Gasteiger charge is 2.28. The Morgan fingerprint density at radius 2 is 2.05 bits per heavy atom. The lowest BCUT2D eigenvalue weighted by atomic mass is 10.1. The molecule has 1 aromatic carbocycles. The number of carbonyl (C=O) groups excluding carboxylic acids is 2. The van der Waals surface area contributed by atoms with Crippen LogP contribution in [0.1, 0.15) is 30.6 Å². The zero-order valence-corrected chi connectivity index (χ0v) is 12.6. The van der Waals surface area contributed by atoms with E-state index in [4.69, 9.17) is 0 Å². The minimum Gasteiger partial charge on any atom is -0.343 e. The number of nitrogens with one attached hydrogen (secondary N) is 2. The van der Waals surface area contributed by atoms with Crippen LogP contribution in [0.15, 0.2) is 30.3 Å². The summed E-state index contributed by atoms with van der Waals surface area (Å²) in [6.07, 6.45) is 0.969. The van der Waals surface area contributed by atoms with E-state index in [9.17, 15) is 9.59 Å². The molecular formula is C16H23N3O2. The molecule has 1 heterocycles. The predicted molar refractivity (Wildman–Crippen MR) is 82.0 cm³/mol. The van der Waals surface area contributed by atoms with E-state index in [1.54, 1.807) is 24.3 Å². The van der Waals surface area contributed by atoms with Crippen molar-refractivity contribution in [3.8, 4) is 0 Å². The van der Waals surface area contributed by atoms with E-state index >= 15 is 0 Å². The van der Waals surface area contributed by atoms with Gasteiger partial charge in [0.25, 0.3) is 5.91 Å². The first kappa shape index (κ1) is 15.5. The van der Waals surface area contributed by atoms with Crippen LogP contribution in [-0.2, 0) is 4.79 Å². The lowest BCUT2D eigenvalue weighted by Gasteiger charge is -2.32. The first-order valence-corrected chi connectivity index (χ1v) is 7.44. The number of hydrogen-bond donors (Lipinski definition) is 2. The van der Waals surface area contributed by atoms with E-state index in [2.05, 4.69) is 10.6 Å². The van der Waals surface area contributed by atoms with Gasteiger partial charge in [0.1, 0.15) is 0 Å². The lowest BCUT2D eigenvalue weighted by molar-refractivity contribution is -0.134. The largest absolute Gasteiger partial charge is 0.343 e. The Hall–Kier alpha value is -1.88. The van der Waals surface area contributed by atoms with Crippen molar-refractivity contribution in [3.63, 3.8) is 0 Å². The second kappa shape index (κ2) is 7.22. The van der Waals surface area contributed by atoms with E-state index in [-0.39, 0.29) is 30.4 Å². The van der Waals surface area contributed by atoms with Crippen molar-refractivity contribution in [2.75, 3.05) is 19.6 Å². The first-order chi connectivity index (χ1) is 10.1. The van der Waals surface area contributed by atoms with Gasteiger partial charge in [-0.2, -0.15) is 0 Å². The first-order valence-electron chi connectivity index (χ1n) is 7.44. The maximum absolute atomic E-state index is 12.4. The Kier molecular flexibility index (Phi) is 5.33. The summed E-state index contributed by atoms with van der Waals surface area (Å²) in [4.78, 5) is 26.2. The fraction of sp³-hybridized carbons (Fsp3) is 0.500. The van der Waals surface area contributed by atoms with Gasteiger partial charge in [-0.15, -0.1) is 0 Å². The van der Waals surface area contributed by atoms with Gasteiger partial charge in [-0.25, -0.2) is 0 Å². The molecule has 2 N–H and O–H groups in total. The van der Waals surface area contributed by atoms with Gasteiger partial charge in [-0.3, -0.25) is 9.59 Å². The van der Waals surface area contributed by atoms with Gasteiger partial charge in [-0.05, 0) is 38.9 Å². The van der Waals surface area contributed by atoms with Gasteiger partial charge in [0.15, 0.2) is 0 Å². The highest BCUT2D eigenvalue weighted by Crippen LogP contribution is 2.12. The van der Waals surface area contributed by atoms with Crippen molar-refractivity contribution < 1.29 is 9.59 Å². The molecule has 2 amide bonds. The molecule has 2 rings (SSSR count). The minimum absolute atomic E-state index is 0.0250. The highest BCUT2D eigenvalue weighted by atomic mass is 16.2. The maximum atomic E-state index is 12.4. The normalized spacial score (nSPS) is 17.8. The number of hydrogen-bond acceptors (Lipinski definition) is 3. The van der Waals surface area contributed by atoms with Gasteiger partial charge >= 0.3 is 0 Å². The molecule has 1 aliphatic heterocycles. The van der Waals surface area contributed by atoms with Crippen molar-refractivity contribution in [2.24, 2.45) is 0 Å². The molecule has 0 saturated carbocycles.